The van der Waals surface area contributed by atoms with Crippen molar-refractivity contribution in [2.24, 2.45) is 0 Å². The van der Waals surface area contributed by atoms with E-state index in [1.54, 1.807) is 56.7 Å². The number of nitrogens with one attached hydrogen (secondary N) is 2. The van der Waals surface area contributed by atoms with Gasteiger partial charge in [-0.2, -0.15) is 0 Å². The molecule has 0 atom stereocenters. The van der Waals surface area contributed by atoms with Crippen LogP contribution in [0.15, 0.2) is 42.5 Å². The Hall–Kier alpha value is -2.40. The highest BCUT2D eigenvalue weighted by atomic mass is 35.5. The van der Waals surface area contributed by atoms with Crippen molar-refractivity contribution in [1.29, 1.82) is 0 Å². The van der Waals surface area contributed by atoms with Crippen molar-refractivity contribution in [3.8, 4) is 11.5 Å². The van der Waals surface area contributed by atoms with Crippen molar-refractivity contribution < 1.29 is 14.3 Å². The Labute approximate surface area is 134 Å². The van der Waals surface area contributed by atoms with E-state index in [1.165, 1.54) is 0 Å². The van der Waals surface area contributed by atoms with Gasteiger partial charge in [-0.3, -0.25) is 4.79 Å². The number of benzene rings is 2. The van der Waals surface area contributed by atoms with Gasteiger partial charge in [0, 0.05) is 11.4 Å². The molecule has 0 saturated heterocycles. The fourth-order valence-corrected chi connectivity index (χ4v) is 2.10. The summed E-state index contributed by atoms with van der Waals surface area (Å²) in [7, 11) is 3.15. The van der Waals surface area contributed by atoms with Gasteiger partial charge >= 0.3 is 0 Å². The SMILES string of the molecule is COc1ccc(NC(=O)CNc2ccc(OC)c(Cl)c2)cc1. The second-order valence-corrected chi connectivity index (χ2v) is 4.89. The maximum absolute atomic E-state index is 11.9. The minimum Gasteiger partial charge on any atom is -0.497 e. The van der Waals surface area contributed by atoms with Crippen molar-refractivity contribution >= 4 is 28.9 Å². The summed E-state index contributed by atoms with van der Waals surface area (Å²) >= 11 is 6.03. The Kier molecular flexibility index (Phi) is 5.49. The summed E-state index contributed by atoms with van der Waals surface area (Å²) in [6.07, 6.45) is 0. The predicted octanol–water partition coefficient (Wildman–Crippen LogP) is 3.41. The number of rotatable bonds is 6. The van der Waals surface area contributed by atoms with Crippen molar-refractivity contribution in [2.75, 3.05) is 31.4 Å². The molecule has 0 aliphatic rings. The van der Waals surface area contributed by atoms with Crippen LogP contribution in [0.1, 0.15) is 0 Å². The van der Waals surface area contributed by atoms with Gasteiger partial charge in [0.25, 0.3) is 0 Å². The van der Waals surface area contributed by atoms with Crippen molar-refractivity contribution in [1.82, 2.24) is 0 Å². The van der Waals surface area contributed by atoms with Crippen molar-refractivity contribution in [2.45, 2.75) is 0 Å². The molecule has 0 aliphatic carbocycles. The lowest BCUT2D eigenvalue weighted by molar-refractivity contribution is -0.114. The van der Waals surface area contributed by atoms with E-state index in [1.807, 2.05) is 0 Å². The average Bonchev–Trinajstić information content (AvgIpc) is 2.54. The van der Waals surface area contributed by atoms with Gasteiger partial charge in [0.1, 0.15) is 11.5 Å². The van der Waals surface area contributed by atoms with Crippen LogP contribution in [-0.2, 0) is 4.79 Å². The lowest BCUT2D eigenvalue weighted by Gasteiger charge is -2.10. The van der Waals surface area contributed by atoms with E-state index in [0.717, 1.165) is 11.4 Å². The Bertz CT molecular complexity index is 644. The zero-order valence-corrected chi connectivity index (χ0v) is 13.1. The molecule has 116 valence electrons. The lowest BCUT2D eigenvalue weighted by atomic mass is 10.3. The number of hydrogen-bond donors (Lipinski definition) is 2. The molecule has 0 unspecified atom stereocenters. The van der Waals surface area contributed by atoms with Crippen LogP contribution in [0.5, 0.6) is 11.5 Å². The van der Waals surface area contributed by atoms with Crippen LogP contribution in [0.25, 0.3) is 0 Å². The van der Waals surface area contributed by atoms with Crippen molar-refractivity contribution in [3.05, 3.63) is 47.5 Å². The number of anilines is 2. The molecule has 2 rings (SSSR count). The van der Waals surface area contributed by atoms with Crippen LogP contribution in [-0.4, -0.2) is 26.7 Å². The average molecular weight is 321 g/mol. The van der Waals surface area contributed by atoms with E-state index < -0.39 is 0 Å². The standard InChI is InChI=1S/C16H17ClN2O3/c1-21-13-6-3-11(4-7-13)19-16(20)10-18-12-5-8-15(22-2)14(17)9-12/h3-9,18H,10H2,1-2H3,(H,19,20). The molecule has 2 N–H and O–H groups in total. The molecule has 2 aromatic carbocycles. The minimum absolute atomic E-state index is 0.134. The second-order valence-electron chi connectivity index (χ2n) is 4.48. The summed E-state index contributed by atoms with van der Waals surface area (Å²) in [5, 5.41) is 6.28. The predicted molar refractivity (Wildman–Crippen MR) is 88.1 cm³/mol. The van der Waals surface area contributed by atoms with Gasteiger partial charge in [-0.05, 0) is 42.5 Å². The van der Waals surface area contributed by atoms with Crippen LogP contribution < -0.4 is 20.1 Å². The summed E-state index contributed by atoms with van der Waals surface area (Å²) in [4.78, 5) is 11.9. The number of carbonyl (C=O) groups is 1. The molecule has 0 bridgehead atoms. The van der Waals surface area contributed by atoms with Crippen LogP contribution in [0.4, 0.5) is 11.4 Å². The van der Waals surface area contributed by atoms with Gasteiger partial charge < -0.3 is 20.1 Å². The summed E-state index contributed by atoms with van der Waals surface area (Å²) < 4.78 is 10.1. The van der Waals surface area contributed by atoms with Gasteiger partial charge in [-0.1, -0.05) is 11.6 Å². The summed E-state index contributed by atoms with van der Waals surface area (Å²) in [6.45, 7) is 0.134. The van der Waals surface area contributed by atoms with E-state index in [2.05, 4.69) is 10.6 Å². The number of hydrogen-bond acceptors (Lipinski definition) is 4. The van der Waals surface area contributed by atoms with E-state index in [-0.39, 0.29) is 12.5 Å². The largest absolute Gasteiger partial charge is 0.497 e. The molecule has 0 saturated carbocycles. The van der Waals surface area contributed by atoms with Gasteiger partial charge in [-0.15, -0.1) is 0 Å². The van der Waals surface area contributed by atoms with E-state index in [0.29, 0.717) is 16.5 Å². The monoisotopic (exact) mass is 320 g/mol. The number of carbonyl (C=O) groups excluding carboxylic acids is 1. The quantitative estimate of drug-likeness (QED) is 0.856. The Morgan fingerprint density at radius 1 is 1.05 bits per heavy atom. The molecule has 6 heteroatoms. The molecular formula is C16H17ClN2O3. The van der Waals surface area contributed by atoms with Crippen LogP contribution in [0.3, 0.4) is 0 Å². The molecule has 0 aromatic heterocycles. The molecule has 0 spiro atoms. The van der Waals surface area contributed by atoms with Crippen molar-refractivity contribution in [3.63, 3.8) is 0 Å². The Balaban J connectivity index is 1.88. The van der Waals surface area contributed by atoms with Crippen LogP contribution in [0, 0.1) is 0 Å². The number of amides is 1. The number of methoxy groups -OCH3 is 2. The van der Waals surface area contributed by atoms with E-state index in [9.17, 15) is 4.79 Å². The first kappa shape index (κ1) is 16.0. The topological polar surface area (TPSA) is 59.6 Å². The highest BCUT2D eigenvalue weighted by Crippen LogP contribution is 2.27. The van der Waals surface area contributed by atoms with Gasteiger partial charge in [0.2, 0.25) is 5.91 Å². The summed E-state index contributed by atoms with van der Waals surface area (Å²) in [6, 6.07) is 12.4. The maximum Gasteiger partial charge on any atom is 0.243 e. The molecule has 0 aliphatic heterocycles. The smallest absolute Gasteiger partial charge is 0.243 e. The minimum atomic E-state index is -0.155. The molecule has 22 heavy (non-hydrogen) atoms. The molecular weight excluding hydrogens is 304 g/mol. The zero-order valence-electron chi connectivity index (χ0n) is 12.4. The normalized spacial score (nSPS) is 9.95. The third-order valence-corrected chi connectivity index (χ3v) is 3.27. The maximum atomic E-state index is 11.9. The third kappa shape index (κ3) is 4.30. The third-order valence-electron chi connectivity index (χ3n) is 2.98. The number of ether oxygens (including phenoxy) is 2. The van der Waals surface area contributed by atoms with Crippen LogP contribution in [0.2, 0.25) is 5.02 Å². The zero-order chi connectivity index (χ0) is 15.9. The first-order chi connectivity index (χ1) is 10.6. The molecule has 5 nitrogen and oxygen atoms in total. The number of halogens is 1. The van der Waals surface area contributed by atoms with Gasteiger partial charge in [0.05, 0.1) is 25.8 Å². The fraction of sp³-hybridized carbons (Fsp3) is 0.188. The Morgan fingerprint density at radius 3 is 2.32 bits per heavy atom. The molecule has 2 aromatic rings. The molecule has 0 radical (unpaired) electrons. The molecule has 0 fully saturated rings. The van der Waals surface area contributed by atoms with E-state index in [4.69, 9.17) is 21.1 Å². The fourth-order valence-electron chi connectivity index (χ4n) is 1.84. The second kappa shape index (κ2) is 7.56. The first-order valence-corrected chi connectivity index (χ1v) is 7.01. The van der Waals surface area contributed by atoms with Crippen LogP contribution >= 0.6 is 11.6 Å². The van der Waals surface area contributed by atoms with E-state index >= 15 is 0 Å². The Morgan fingerprint density at radius 2 is 1.73 bits per heavy atom. The first-order valence-electron chi connectivity index (χ1n) is 6.63. The molecule has 0 heterocycles. The summed E-state index contributed by atoms with van der Waals surface area (Å²) in [5.74, 6) is 1.18. The highest BCUT2D eigenvalue weighted by molar-refractivity contribution is 6.32. The molecule has 1 amide bonds. The van der Waals surface area contributed by atoms with Gasteiger partial charge in [0.15, 0.2) is 0 Å². The van der Waals surface area contributed by atoms with Gasteiger partial charge in [-0.25, -0.2) is 0 Å². The lowest BCUT2D eigenvalue weighted by Crippen LogP contribution is -2.21. The summed E-state index contributed by atoms with van der Waals surface area (Å²) in [5.41, 5.74) is 1.45. The highest BCUT2D eigenvalue weighted by Gasteiger charge is 2.05.